The molecule has 0 bridgehead atoms. The quantitative estimate of drug-likeness (QED) is 0.376. The van der Waals surface area contributed by atoms with Crippen molar-refractivity contribution in [3.63, 3.8) is 0 Å². The standard InChI is InChI=1S/C26H25N5O6/c1-15-10-17(20-4-2-3-5-21(20)28-15)13-37-19-8-6-16(7-9-19)22(32)27-11-18-12-31(25(35)36)14-26(18)23(33)29-24(34)30-26/h2-10,18H,11-14H2,1H3,(H,27,32)(H,35,36)(H2,29,30,33,34). The van der Waals surface area contributed by atoms with Crippen molar-refractivity contribution in [2.24, 2.45) is 5.92 Å². The number of likely N-dealkylation sites (tertiary alicyclic amines) is 1. The number of nitrogens with one attached hydrogen (secondary N) is 3. The predicted molar refractivity (Wildman–Crippen MR) is 132 cm³/mol. The first-order valence-electron chi connectivity index (χ1n) is 11.7. The Labute approximate surface area is 211 Å². The first kappa shape index (κ1) is 24.0. The topological polar surface area (TPSA) is 150 Å². The van der Waals surface area contributed by atoms with Gasteiger partial charge in [0.15, 0.2) is 0 Å². The largest absolute Gasteiger partial charge is 0.489 e. The molecule has 0 saturated carbocycles. The van der Waals surface area contributed by atoms with Gasteiger partial charge in [0.1, 0.15) is 17.9 Å². The second-order valence-corrected chi connectivity index (χ2v) is 9.20. The molecule has 11 heteroatoms. The first-order chi connectivity index (χ1) is 17.7. The number of carbonyl (C=O) groups is 4. The third-order valence-corrected chi connectivity index (χ3v) is 6.77. The molecule has 190 valence electrons. The molecule has 3 heterocycles. The van der Waals surface area contributed by atoms with Crippen LogP contribution in [0.4, 0.5) is 9.59 Å². The van der Waals surface area contributed by atoms with Gasteiger partial charge in [-0.3, -0.25) is 19.9 Å². The molecule has 3 aromatic rings. The first-order valence-corrected chi connectivity index (χ1v) is 11.7. The fraction of sp³-hybridized carbons (Fsp3) is 0.269. The minimum atomic E-state index is -1.41. The molecule has 0 radical (unpaired) electrons. The molecule has 2 aliphatic rings. The molecule has 2 unspecified atom stereocenters. The lowest BCUT2D eigenvalue weighted by Crippen LogP contribution is -2.56. The number of ether oxygens (including phenoxy) is 1. The van der Waals surface area contributed by atoms with Crippen LogP contribution in [-0.2, 0) is 11.4 Å². The molecule has 2 aliphatic heterocycles. The number of aromatic nitrogens is 1. The van der Waals surface area contributed by atoms with Gasteiger partial charge in [0.2, 0.25) is 0 Å². The summed E-state index contributed by atoms with van der Waals surface area (Å²) in [4.78, 5) is 54.0. The molecule has 2 atom stereocenters. The van der Waals surface area contributed by atoms with E-state index < -0.39 is 35.4 Å². The van der Waals surface area contributed by atoms with Crippen LogP contribution in [0, 0.1) is 12.8 Å². The molecule has 1 aromatic heterocycles. The Hall–Kier alpha value is -4.67. The highest BCUT2D eigenvalue weighted by Crippen LogP contribution is 2.30. The normalized spacial score (nSPS) is 20.7. The van der Waals surface area contributed by atoms with Crippen molar-refractivity contribution in [1.29, 1.82) is 0 Å². The van der Waals surface area contributed by atoms with E-state index in [1.807, 2.05) is 37.3 Å². The zero-order valence-electron chi connectivity index (χ0n) is 20.0. The van der Waals surface area contributed by atoms with E-state index >= 15 is 0 Å². The Morgan fingerprint density at radius 3 is 2.65 bits per heavy atom. The summed E-state index contributed by atoms with van der Waals surface area (Å²) in [7, 11) is 0. The molecule has 11 nitrogen and oxygen atoms in total. The highest BCUT2D eigenvalue weighted by atomic mass is 16.5. The van der Waals surface area contributed by atoms with Gasteiger partial charge in [0, 0.05) is 41.2 Å². The number of urea groups is 1. The van der Waals surface area contributed by atoms with Gasteiger partial charge in [-0.05, 0) is 43.3 Å². The van der Waals surface area contributed by atoms with E-state index in [0.29, 0.717) is 17.9 Å². The molecular weight excluding hydrogens is 478 g/mol. The number of carbonyl (C=O) groups excluding carboxylic acids is 3. The second kappa shape index (κ2) is 9.41. The van der Waals surface area contributed by atoms with Crippen molar-refractivity contribution in [2.75, 3.05) is 19.6 Å². The van der Waals surface area contributed by atoms with Gasteiger partial charge < -0.3 is 25.4 Å². The molecule has 4 N–H and O–H groups in total. The van der Waals surface area contributed by atoms with E-state index in [1.165, 1.54) is 0 Å². The van der Waals surface area contributed by atoms with Crippen LogP contribution in [0.25, 0.3) is 10.9 Å². The molecule has 2 saturated heterocycles. The number of imide groups is 1. The lowest BCUT2D eigenvalue weighted by Gasteiger charge is -2.26. The van der Waals surface area contributed by atoms with Crippen molar-refractivity contribution in [2.45, 2.75) is 19.1 Å². The zero-order chi connectivity index (χ0) is 26.2. The van der Waals surface area contributed by atoms with Crippen LogP contribution >= 0.6 is 0 Å². The number of hydrogen-bond donors (Lipinski definition) is 4. The number of hydrogen-bond acceptors (Lipinski definition) is 6. The maximum absolute atomic E-state index is 12.8. The third-order valence-electron chi connectivity index (χ3n) is 6.77. The third kappa shape index (κ3) is 4.63. The zero-order valence-corrected chi connectivity index (χ0v) is 20.0. The number of nitrogens with zero attached hydrogens (tertiary/aromatic N) is 2. The average Bonchev–Trinajstić information content (AvgIpc) is 3.39. The van der Waals surface area contributed by atoms with Crippen LogP contribution in [0.2, 0.25) is 0 Å². The van der Waals surface area contributed by atoms with E-state index in [9.17, 15) is 24.3 Å². The number of fused-ring (bicyclic) bond motifs is 1. The van der Waals surface area contributed by atoms with Gasteiger partial charge in [0.05, 0.1) is 12.1 Å². The van der Waals surface area contributed by atoms with Crippen LogP contribution in [-0.4, -0.2) is 64.1 Å². The summed E-state index contributed by atoms with van der Waals surface area (Å²) in [6, 6.07) is 15.8. The number of aryl methyl sites for hydroxylation is 1. The van der Waals surface area contributed by atoms with Crippen LogP contribution in [0.1, 0.15) is 21.6 Å². The summed E-state index contributed by atoms with van der Waals surface area (Å²) in [6.07, 6.45) is -1.20. The maximum Gasteiger partial charge on any atom is 0.407 e. The molecule has 0 aliphatic carbocycles. The molecule has 1 spiro atoms. The Bertz CT molecular complexity index is 1410. The summed E-state index contributed by atoms with van der Waals surface area (Å²) in [5.41, 5.74) is 1.77. The van der Waals surface area contributed by atoms with E-state index in [-0.39, 0.29) is 19.6 Å². The fourth-order valence-electron chi connectivity index (χ4n) is 4.90. The Morgan fingerprint density at radius 2 is 1.95 bits per heavy atom. The lowest BCUT2D eigenvalue weighted by atomic mass is 9.87. The summed E-state index contributed by atoms with van der Waals surface area (Å²) < 4.78 is 5.95. The summed E-state index contributed by atoms with van der Waals surface area (Å²) in [5, 5.41) is 17.9. The number of para-hydroxylation sites is 1. The molecule has 37 heavy (non-hydrogen) atoms. The van der Waals surface area contributed by atoms with Crippen LogP contribution in [0.15, 0.2) is 54.6 Å². The van der Waals surface area contributed by atoms with Gasteiger partial charge >= 0.3 is 12.1 Å². The molecule has 5 rings (SSSR count). The minimum Gasteiger partial charge on any atom is -0.489 e. The van der Waals surface area contributed by atoms with E-state index in [2.05, 4.69) is 20.9 Å². The smallest absolute Gasteiger partial charge is 0.407 e. The number of benzene rings is 2. The van der Waals surface area contributed by atoms with Crippen molar-refractivity contribution in [3.8, 4) is 5.75 Å². The highest BCUT2D eigenvalue weighted by molar-refractivity contribution is 6.08. The number of pyridine rings is 1. The Morgan fingerprint density at radius 1 is 1.19 bits per heavy atom. The SMILES string of the molecule is Cc1cc(COc2ccc(C(=O)NCC3CN(C(=O)O)CC34NC(=O)NC4=O)cc2)c2ccccc2n1. The van der Waals surface area contributed by atoms with Crippen molar-refractivity contribution < 1.29 is 29.0 Å². The number of carboxylic acid groups (broad SMARTS) is 1. The summed E-state index contributed by atoms with van der Waals surface area (Å²) >= 11 is 0. The maximum atomic E-state index is 12.8. The molecular formula is C26H25N5O6. The molecule has 2 aromatic carbocycles. The van der Waals surface area contributed by atoms with E-state index in [0.717, 1.165) is 27.1 Å². The van der Waals surface area contributed by atoms with E-state index in [4.69, 9.17) is 4.74 Å². The van der Waals surface area contributed by atoms with Crippen LogP contribution < -0.4 is 20.7 Å². The highest BCUT2D eigenvalue weighted by Gasteiger charge is 2.58. The fourth-order valence-corrected chi connectivity index (χ4v) is 4.90. The van der Waals surface area contributed by atoms with Gasteiger partial charge in [-0.1, -0.05) is 18.2 Å². The Balaban J connectivity index is 1.22. The van der Waals surface area contributed by atoms with Crippen LogP contribution in [0.3, 0.4) is 0 Å². The van der Waals surface area contributed by atoms with Gasteiger partial charge in [0.25, 0.3) is 11.8 Å². The van der Waals surface area contributed by atoms with Gasteiger partial charge in [-0.15, -0.1) is 0 Å². The molecule has 5 amide bonds. The van der Waals surface area contributed by atoms with Crippen LogP contribution in [0.5, 0.6) is 5.75 Å². The second-order valence-electron chi connectivity index (χ2n) is 9.20. The van der Waals surface area contributed by atoms with Gasteiger partial charge in [-0.2, -0.15) is 0 Å². The Kier molecular flexibility index (Phi) is 6.12. The number of amides is 5. The number of rotatable bonds is 6. The van der Waals surface area contributed by atoms with Crippen molar-refractivity contribution >= 4 is 34.8 Å². The minimum absolute atomic E-state index is 0.000740. The monoisotopic (exact) mass is 503 g/mol. The summed E-state index contributed by atoms with van der Waals surface area (Å²) in [6.45, 7) is 2.09. The van der Waals surface area contributed by atoms with Crippen molar-refractivity contribution in [3.05, 3.63) is 71.4 Å². The lowest BCUT2D eigenvalue weighted by molar-refractivity contribution is -0.124. The molecule has 2 fully saturated rings. The average molecular weight is 504 g/mol. The predicted octanol–water partition coefficient (Wildman–Crippen LogP) is 2.04. The van der Waals surface area contributed by atoms with Gasteiger partial charge in [-0.25, -0.2) is 9.59 Å². The van der Waals surface area contributed by atoms with Crippen molar-refractivity contribution in [1.82, 2.24) is 25.8 Å². The summed E-state index contributed by atoms with van der Waals surface area (Å²) in [5.74, 6) is -1.03. The van der Waals surface area contributed by atoms with E-state index in [1.54, 1.807) is 24.3 Å².